The van der Waals surface area contributed by atoms with E-state index in [2.05, 4.69) is 10.4 Å². The first-order valence-corrected chi connectivity index (χ1v) is 5.78. The Morgan fingerprint density at radius 3 is 2.58 bits per heavy atom. The first-order chi connectivity index (χ1) is 8.76. The Labute approximate surface area is 107 Å². The van der Waals surface area contributed by atoms with E-state index in [9.17, 15) is 23.3 Å². The van der Waals surface area contributed by atoms with Gasteiger partial charge in [-0.25, -0.2) is 4.68 Å². The molecule has 1 N–H and O–H groups in total. The van der Waals surface area contributed by atoms with Gasteiger partial charge in [0.1, 0.15) is 5.69 Å². The van der Waals surface area contributed by atoms with E-state index in [-0.39, 0.29) is 30.2 Å². The first-order valence-electron chi connectivity index (χ1n) is 5.78. The summed E-state index contributed by atoms with van der Waals surface area (Å²) in [5.41, 5.74) is 0.0547. The minimum atomic E-state index is -4.21. The van der Waals surface area contributed by atoms with Gasteiger partial charge in [-0.2, -0.15) is 18.3 Å². The third kappa shape index (κ3) is 4.11. The molecule has 0 aliphatic heterocycles. The molecule has 0 aliphatic carbocycles. The fourth-order valence-corrected chi connectivity index (χ4v) is 1.69. The van der Waals surface area contributed by atoms with E-state index < -0.39 is 17.5 Å². The number of anilines is 1. The Kier molecular flexibility index (Phi) is 4.73. The predicted molar refractivity (Wildman–Crippen MR) is 63.1 cm³/mol. The van der Waals surface area contributed by atoms with Crippen molar-refractivity contribution in [3.63, 3.8) is 0 Å². The van der Waals surface area contributed by atoms with Crippen molar-refractivity contribution in [2.24, 2.45) is 0 Å². The summed E-state index contributed by atoms with van der Waals surface area (Å²) in [4.78, 5) is 10.3. The lowest BCUT2D eigenvalue weighted by atomic mass is 10.3. The first kappa shape index (κ1) is 15.3. The monoisotopic (exact) mass is 280 g/mol. The average molecular weight is 280 g/mol. The third-order valence-corrected chi connectivity index (χ3v) is 2.51. The van der Waals surface area contributed by atoms with Crippen LogP contribution in [0.3, 0.4) is 0 Å². The summed E-state index contributed by atoms with van der Waals surface area (Å²) >= 11 is 0. The van der Waals surface area contributed by atoms with E-state index in [1.165, 1.54) is 11.6 Å². The highest BCUT2D eigenvalue weighted by Crippen LogP contribution is 2.28. The highest BCUT2D eigenvalue weighted by molar-refractivity contribution is 5.59. The standard InChI is InChI=1S/C10H15F3N4O2/c1-3-16-9(8(17(18)19)7(2)15-16)14-6-4-5-10(11,12)13/h14H,3-6H2,1-2H3. The second-order valence-corrected chi connectivity index (χ2v) is 4.00. The van der Waals surface area contributed by atoms with E-state index in [0.717, 1.165) is 0 Å². The molecule has 6 nitrogen and oxygen atoms in total. The number of nitrogens with zero attached hydrogens (tertiary/aromatic N) is 3. The minimum Gasteiger partial charge on any atom is -0.365 e. The molecule has 9 heteroatoms. The zero-order chi connectivity index (χ0) is 14.6. The maximum atomic E-state index is 12.0. The van der Waals surface area contributed by atoms with Crippen molar-refractivity contribution in [2.45, 2.75) is 39.4 Å². The van der Waals surface area contributed by atoms with Crippen molar-refractivity contribution in [1.82, 2.24) is 9.78 Å². The van der Waals surface area contributed by atoms with Crippen molar-refractivity contribution in [2.75, 3.05) is 11.9 Å². The fraction of sp³-hybridized carbons (Fsp3) is 0.700. The lowest BCUT2D eigenvalue weighted by Gasteiger charge is -2.09. The van der Waals surface area contributed by atoms with E-state index >= 15 is 0 Å². The average Bonchev–Trinajstić information content (AvgIpc) is 2.59. The zero-order valence-electron chi connectivity index (χ0n) is 10.6. The predicted octanol–water partition coefficient (Wildman–Crippen LogP) is 2.87. The molecular weight excluding hydrogens is 265 g/mol. The van der Waals surface area contributed by atoms with Crippen molar-refractivity contribution < 1.29 is 18.1 Å². The van der Waals surface area contributed by atoms with Gasteiger partial charge in [0.15, 0.2) is 0 Å². The SMILES string of the molecule is CCn1nc(C)c([N+](=O)[O-])c1NCCCC(F)(F)F. The van der Waals surface area contributed by atoms with Crippen LogP contribution in [0.1, 0.15) is 25.5 Å². The second-order valence-electron chi connectivity index (χ2n) is 4.00. The number of hydrogen-bond donors (Lipinski definition) is 1. The Morgan fingerprint density at radius 1 is 1.47 bits per heavy atom. The molecule has 0 saturated heterocycles. The van der Waals surface area contributed by atoms with Gasteiger partial charge in [-0.1, -0.05) is 0 Å². The number of halogens is 3. The third-order valence-electron chi connectivity index (χ3n) is 2.51. The van der Waals surface area contributed by atoms with Gasteiger partial charge in [0.2, 0.25) is 5.82 Å². The second kappa shape index (κ2) is 5.89. The molecule has 1 heterocycles. The van der Waals surface area contributed by atoms with E-state index in [1.807, 2.05) is 0 Å². The van der Waals surface area contributed by atoms with Crippen molar-refractivity contribution in [3.8, 4) is 0 Å². The Bertz CT molecular complexity index is 456. The highest BCUT2D eigenvalue weighted by Gasteiger charge is 2.27. The van der Waals surface area contributed by atoms with Crippen molar-refractivity contribution in [1.29, 1.82) is 0 Å². The molecule has 0 atom stereocenters. The Balaban J connectivity index is 2.74. The van der Waals surface area contributed by atoms with E-state index in [0.29, 0.717) is 6.54 Å². The molecule has 0 bridgehead atoms. The van der Waals surface area contributed by atoms with Crippen molar-refractivity contribution in [3.05, 3.63) is 15.8 Å². The summed E-state index contributed by atoms with van der Waals surface area (Å²) in [6.45, 7) is 3.64. The number of aryl methyl sites for hydroxylation is 2. The molecule has 0 radical (unpaired) electrons. The highest BCUT2D eigenvalue weighted by atomic mass is 19.4. The maximum Gasteiger partial charge on any atom is 0.389 e. The van der Waals surface area contributed by atoms with Crippen LogP contribution in [-0.2, 0) is 6.54 Å². The molecule has 1 aromatic heterocycles. The van der Waals surface area contributed by atoms with Gasteiger partial charge in [0.25, 0.3) is 0 Å². The van der Waals surface area contributed by atoms with Gasteiger partial charge in [-0.3, -0.25) is 10.1 Å². The largest absolute Gasteiger partial charge is 0.389 e. The van der Waals surface area contributed by atoms with Crippen molar-refractivity contribution >= 4 is 11.5 Å². The summed E-state index contributed by atoms with van der Waals surface area (Å²) in [5, 5.41) is 17.5. The Hall–Kier alpha value is -1.80. The van der Waals surface area contributed by atoms with Crippen LogP contribution in [0, 0.1) is 17.0 Å². The molecule has 0 amide bonds. The van der Waals surface area contributed by atoms with Gasteiger partial charge >= 0.3 is 11.9 Å². The van der Waals surface area contributed by atoms with Crippen LogP contribution in [0.4, 0.5) is 24.7 Å². The summed E-state index contributed by atoms with van der Waals surface area (Å²) in [5.74, 6) is 0.159. The lowest BCUT2D eigenvalue weighted by molar-refractivity contribution is -0.384. The molecule has 0 spiro atoms. The molecule has 0 saturated carbocycles. The molecule has 0 unspecified atom stereocenters. The molecule has 19 heavy (non-hydrogen) atoms. The summed E-state index contributed by atoms with van der Waals surface area (Å²) in [6, 6.07) is 0. The molecule has 108 valence electrons. The molecule has 1 aromatic rings. The van der Waals surface area contributed by atoms with Crippen LogP contribution in [0.2, 0.25) is 0 Å². The quantitative estimate of drug-likeness (QED) is 0.494. The number of aromatic nitrogens is 2. The topological polar surface area (TPSA) is 73.0 Å². The minimum absolute atomic E-state index is 0.00544. The normalized spacial score (nSPS) is 11.6. The number of rotatable bonds is 6. The van der Waals surface area contributed by atoms with Gasteiger partial charge in [-0.15, -0.1) is 0 Å². The van der Waals surface area contributed by atoms with Crippen LogP contribution < -0.4 is 5.32 Å². The van der Waals surface area contributed by atoms with Crippen LogP contribution >= 0.6 is 0 Å². The molecule has 0 fully saturated rings. The number of nitrogens with one attached hydrogen (secondary N) is 1. The Morgan fingerprint density at radius 2 is 2.11 bits per heavy atom. The van der Waals surface area contributed by atoms with Gasteiger partial charge in [-0.05, 0) is 20.3 Å². The van der Waals surface area contributed by atoms with Crippen LogP contribution in [-0.4, -0.2) is 27.4 Å². The van der Waals surface area contributed by atoms with Gasteiger partial charge in [0, 0.05) is 19.5 Å². The molecule has 1 rings (SSSR count). The van der Waals surface area contributed by atoms with E-state index in [4.69, 9.17) is 0 Å². The summed E-state index contributed by atoms with van der Waals surface area (Å²) in [6.07, 6.45) is -5.28. The van der Waals surface area contributed by atoms with Gasteiger partial charge < -0.3 is 5.32 Å². The summed E-state index contributed by atoms with van der Waals surface area (Å²) in [7, 11) is 0. The van der Waals surface area contributed by atoms with E-state index in [1.54, 1.807) is 6.92 Å². The molecular formula is C10H15F3N4O2. The lowest BCUT2D eigenvalue weighted by Crippen LogP contribution is -2.13. The van der Waals surface area contributed by atoms with Gasteiger partial charge in [0.05, 0.1) is 4.92 Å². The maximum absolute atomic E-state index is 12.0. The zero-order valence-corrected chi connectivity index (χ0v) is 10.6. The number of hydrogen-bond acceptors (Lipinski definition) is 4. The van der Waals surface area contributed by atoms with Crippen LogP contribution in [0.25, 0.3) is 0 Å². The van der Waals surface area contributed by atoms with Crippen LogP contribution in [0.5, 0.6) is 0 Å². The fourth-order valence-electron chi connectivity index (χ4n) is 1.69. The molecule has 0 aromatic carbocycles. The molecule has 0 aliphatic rings. The smallest absolute Gasteiger partial charge is 0.365 e. The van der Waals surface area contributed by atoms with Crippen LogP contribution in [0.15, 0.2) is 0 Å². The summed E-state index contributed by atoms with van der Waals surface area (Å²) < 4.78 is 37.3. The number of nitro groups is 1. The number of alkyl halides is 3.